The number of amides is 1. The number of anilines is 1. The molecule has 5 heteroatoms. The number of ether oxygens (including phenoxy) is 1. The van der Waals surface area contributed by atoms with Crippen molar-refractivity contribution >= 4 is 29.2 Å². The van der Waals surface area contributed by atoms with Crippen LogP contribution in [-0.2, 0) is 9.59 Å². The zero-order chi connectivity index (χ0) is 11.3. The summed E-state index contributed by atoms with van der Waals surface area (Å²) in [6, 6.07) is 6.64. The molecular weight excluding hydrogens is 218 g/mol. The first-order valence-corrected chi connectivity index (χ1v) is 4.80. The molecule has 1 rings (SSSR count). The van der Waals surface area contributed by atoms with Gasteiger partial charge in [-0.05, 0) is 12.1 Å². The van der Waals surface area contributed by atoms with Gasteiger partial charge in [-0.15, -0.1) is 11.6 Å². The molecule has 0 heterocycles. The van der Waals surface area contributed by atoms with Crippen LogP contribution in [0.25, 0.3) is 0 Å². The number of alkyl halides is 1. The van der Waals surface area contributed by atoms with Crippen molar-refractivity contribution < 1.29 is 14.3 Å². The van der Waals surface area contributed by atoms with Gasteiger partial charge in [0.05, 0.1) is 5.69 Å². The molecule has 0 bridgehead atoms. The second-order valence-corrected chi connectivity index (χ2v) is 3.05. The Kier molecular flexibility index (Phi) is 4.12. The maximum atomic E-state index is 11.0. The van der Waals surface area contributed by atoms with Gasteiger partial charge >= 0.3 is 5.97 Å². The number of carbonyl (C=O) groups excluding carboxylic acids is 2. The minimum absolute atomic E-state index is 0.228. The van der Waals surface area contributed by atoms with Gasteiger partial charge in [-0.1, -0.05) is 12.1 Å². The summed E-state index contributed by atoms with van der Waals surface area (Å²) in [7, 11) is 0. The van der Waals surface area contributed by atoms with Gasteiger partial charge in [-0.25, -0.2) is 0 Å². The second kappa shape index (κ2) is 5.36. The van der Waals surface area contributed by atoms with Gasteiger partial charge in [-0.2, -0.15) is 0 Å². The summed E-state index contributed by atoms with van der Waals surface area (Å²) in [5.41, 5.74) is 0.448. The fourth-order valence-corrected chi connectivity index (χ4v) is 1.05. The molecular formula is C10H10ClNO3. The van der Waals surface area contributed by atoms with Crippen molar-refractivity contribution in [3.63, 3.8) is 0 Å². The molecule has 0 aliphatic carbocycles. The van der Waals surface area contributed by atoms with Crippen LogP contribution in [0, 0.1) is 0 Å². The number of carbonyl (C=O) groups is 2. The number of esters is 1. The highest BCUT2D eigenvalue weighted by Gasteiger charge is 2.08. The summed E-state index contributed by atoms with van der Waals surface area (Å²) >= 11 is 5.30. The monoisotopic (exact) mass is 227 g/mol. The maximum Gasteiger partial charge on any atom is 0.326 e. The topological polar surface area (TPSA) is 55.4 Å². The third kappa shape index (κ3) is 3.59. The highest BCUT2D eigenvalue weighted by Crippen LogP contribution is 2.23. The molecule has 0 aliphatic heterocycles. The van der Waals surface area contributed by atoms with Crippen molar-refractivity contribution in [1.29, 1.82) is 0 Å². The molecule has 0 radical (unpaired) electrons. The Morgan fingerprint density at radius 1 is 1.40 bits per heavy atom. The zero-order valence-electron chi connectivity index (χ0n) is 8.12. The van der Waals surface area contributed by atoms with Crippen LogP contribution in [0.5, 0.6) is 5.75 Å². The summed E-state index contributed by atoms with van der Waals surface area (Å²) in [5.74, 6) is -0.730. The van der Waals surface area contributed by atoms with Crippen LogP contribution in [0.1, 0.15) is 6.92 Å². The van der Waals surface area contributed by atoms with Crippen molar-refractivity contribution in [1.82, 2.24) is 0 Å². The smallest absolute Gasteiger partial charge is 0.326 e. The van der Waals surface area contributed by atoms with Gasteiger partial charge in [0.2, 0.25) is 5.91 Å². The summed E-state index contributed by atoms with van der Waals surface area (Å²) < 4.78 is 4.91. The SMILES string of the molecule is CC(=O)Nc1ccccc1OC(=O)CCl. The van der Waals surface area contributed by atoms with E-state index in [0.29, 0.717) is 11.4 Å². The molecule has 1 amide bonds. The molecule has 0 spiro atoms. The molecule has 4 nitrogen and oxygen atoms in total. The molecule has 0 fully saturated rings. The van der Waals surface area contributed by atoms with E-state index in [2.05, 4.69) is 5.32 Å². The van der Waals surface area contributed by atoms with Crippen LogP contribution in [-0.4, -0.2) is 17.8 Å². The Hall–Kier alpha value is -1.55. The number of para-hydroxylation sites is 2. The molecule has 0 aromatic heterocycles. The standard InChI is InChI=1S/C10H10ClNO3/c1-7(13)12-8-4-2-3-5-9(8)15-10(14)6-11/h2-5H,6H2,1H3,(H,12,13). The van der Waals surface area contributed by atoms with E-state index in [9.17, 15) is 9.59 Å². The van der Waals surface area contributed by atoms with E-state index in [0.717, 1.165) is 0 Å². The third-order valence-electron chi connectivity index (χ3n) is 1.53. The van der Waals surface area contributed by atoms with Crippen LogP contribution in [0.2, 0.25) is 0 Å². The molecule has 0 unspecified atom stereocenters. The first-order valence-electron chi connectivity index (χ1n) is 4.26. The van der Waals surface area contributed by atoms with Gasteiger partial charge in [0.25, 0.3) is 0 Å². The molecule has 0 aliphatic rings. The summed E-state index contributed by atoms with van der Waals surface area (Å²) in [4.78, 5) is 21.8. The van der Waals surface area contributed by atoms with Crippen molar-refractivity contribution in [3.05, 3.63) is 24.3 Å². The summed E-state index contributed by atoms with van der Waals surface area (Å²) in [5, 5.41) is 2.54. The molecule has 1 aromatic carbocycles. The predicted octanol–water partition coefficient (Wildman–Crippen LogP) is 1.79. The van der Waals surface area contributed by atoms with Crippen molar-refractivity contribution in [2.45, 2.75) is 6.92 Å². The zero-order valence-corrected chi connectivity index (χ0v) is 8.88. The fraction of sp³-hybridized carbons (Fsp3) is 0.200. The first kappa shape index (κ1) is 11.5. The summed E-state index contributed by atoms with van der Waals surface area (Å²) in [6.45, 7) is 1.38. The quantitative estimate of drug-likeness (QED) is 0.487. The van der Waals surface area contributed by atoms with E-state index in [1.54, 1.807) is 24.3 Å². The van der Waals surface area contributed by atoms with Gasteiger partial charge in [0, 0.05) is 6.92 Å². The van der Waals surface area contributed by atoms with E-state index in [1.165, 1.54) is 6.92 Å². The van der Waals surface area contributed by atoms with E-state index in [-0.39, 0.29) is 11.8 Å². The lowest BCUT2D eigenvalue weighted by molar-refractivity contribution is -0.131. The van der Waals surface area contributed by atoms with Gasteiger partial charge in [0.15, 0.2) is 5.75 Å². The van der Waals surface area contributed by atoms with Crippen molar-refractivity contribution in [2.75, 3.05) is 11.2 Å². The minimum atomic E-state index is -0.561. The van der Waals surface area contributed by atoms with Crippen LogP contribution in [0.4, 0.5) is 5.69 Å². The molecule has 1 aromatic rings. The van der Waals surface area contributed by atoms with E-state index in [1.807, 2.05) is 0 Å². The molecule has 0 atom stereocenters. The number of halogens is 1. The predicted molar refractivity (Wildman–Crippen MR) is 57.1 cm³/mol. The normalized spacial score (nSPS) is 9.47. The van der Waals surface area contributed by atoms with Crippen molar-refractivity contribution in [3.8, 4) is 5.75 Å². The van der Waals surface area contributed by atoms with Gasteiger partial charge < -0.3 is 10.1 Å². The van der Waals surface area contributed by atoms with E-state index >= 15 is 0 Å². The molecule has 15 heavy (non-hydrogen) atoms. The Bertz CT molecular complexity index is 379. The van der Waals surface area contributed by atoms with Crippen molar-refractivity contribution in [2.24, 2.45) is 0 Å². The summed E-state index contributed by atoms with van der Waals surface area (Å²) in [6.07, 6.45) is 0. The number of rotatable bonds is 3. The largest absolute Gasteiger partial charge is 0.423 e. The van der Waals surface area contributed by atoms with Gasteiger partial charge in [0.1, 0.15) is 5.88 Å². The maximum absolute atomic E-state index is 11.0. The number of hydrogen-bond acceptors (Lipinski definition) is 3. The second-order valence-electron chi connectivity index (χ2n) is 2.79. The Balaban J connectivity index is 2.85. The Morgan fingerprint density at radius 2 is 2.07 bits per heavy atom. The highest BCUT2D eigenvalue weighted by molar-refractivity contribution is 6.26. The van der Waals surface area contributed by atoms with Crippen LogP contribution < -0.4 is 10.1 Å². The number of nitrogens with one attached hydrogen (secondary N) is 1. The first-order chi connectivity index (χ1) is 7.13. The van der Waals surface area contributed by atoms with E-state index in [4.69, 9.17) is 16.3 Å². The lowest BCUT2D eigenvalue weighted by Crippen LogP contribution is -2.12. The third-order valence-corrected chi connectivity index (χ3v) is 1.75. The molecule has 1 N–H and O–H groups in total. The van der Waals surface area contributed by atoms with Gasteiger partial charge in [-0.3, -0.25) is 9.59 Å². The fourth-order valence-electron chi connectivity index (χ4n) is 0.998. The number of hydrogen-bond donors (Lipinski definition) is 1. The molecule has 80 valence electrons. The molecule has 0 saturated carbocycles. The highest BCUT2D eigenvalue weighted by atomic mass is 35.5. The number of benzene rings is 1. The van der Waals surface area contributed by atoms with Crippen LogP contribution in [0.3, 0.4) is 0 Å². The molecule has 0 saturated heterocycles. The Morgan fingerprint density at radius 3 is 2.67 bits per heavy atom. The van der Waals surface area contributed by atoms with Crippen LogP contribution >= 0.6 is 11.6 Å². The Labute approximate surface area is 92.2 Å². The average molecular weight is 228 g/mol. The average Bonchev–Trinajstić information content (AvgIpc) is 2.20. The lowest BCUT2D eigenvalue weighted by atomic mass is 10.3. The lowest BCUT2D eigenvalue weighted by Gasteiger charge is -2.08. The minimum Gasteiger partial charge on any atom is -0.423 e. The van der Waals surface area contributed by atoms with Crippen LogP contribution in [0.15, 0.2) is 24.3 Å². The van der Waals surface area contributed by atoms with E-state index < -0.39 is 5.97 Å².